The molecule has 18 heavy (non-hydrogen) atoms. The van der Waals surface area contributed by atoms with Gasteiger partial charge in [0.05, 0.1) is 22.3 Å². The van der Waals surface area contributed by atoms with Crippen molar-refractivity contribution in [1.29, 1.82) is 0 Å². The Hall–Kier alpha value is -0.320. The van der Waals surface area contributed by atoms with Crippen LogP contribution in [0.25, 0.3) is 0 Å². The summed E-state index contributed by atoms with van der Waals surface area (Å²) in [6.07, 6.45) is 1.03. The molecule has 3 unspecified atom stereocenters. The zero-order valence-electron chi connectivity index (χ0n) is 10.6. The Kier molecular flexibility index (Phi) is 4.51. The summed E-state index contributed by atoms with van der Waals surface area (Å²) in [7, 11) is 0. The van der Waals surface area contributed by atoms with E-state index in [1.807, 2.05) is 18.2 Å². The number of halogens is 2. The van der Waals surface area contributed by atoms with Gasteiger partial charge in [-0.15, -0.1) is 0 Å². The summed E-state index contributed by atoms with van der Waals surface area (Å²) < 4.78 is 0. The largest absolute Gasteiger partial charge is 0.315 e. The van der Waals surface area contributed by atoms with Crippen LogP contribution in [-0.4, -0.2) is 6.17 Å². The number of hydrogen-bond acceptors (Lipinski definition) is 3. The summed E-state index contributed by atoms with van der Waals surface area (Å²) in [6, 6.07) is 5.92. The molecule has 1 aromatic rings. The second-order valence-corrected chi connectivity index (χ2v) is 6.07. The van der Waals surface area contributed by atoms with E-state index in [-0.39, 0.29) is 12.2 Å². The number of benzene rings is 1. The molecule has 1 heterocycles. The fourth-order valence-electron chi connectivity index (χ4n) is 2.47. The van der Waals surface area contributed by atoms with Crippen LogP contribution in [0.15, 0.2) is 18.2 Å². The van der Waals surface area contributed by atoms with Crippen LogP contribution in [0.3, 0.4) is 0 Å². The average molecular weight is 288 g/mol. The summed E-state index contributed by atoms with van der Waals surface area (Å²) >= 11 is 12.0. The highest BCUT2D eigenvalue weighted by atomic mass is 35.5. The quantitative estimate of drug-likeness (QED) is 0.801. The lowest BCUT2D eigenvalue weighted by molar-refractivity contribution is 0.344. The van der Waals surface area contributed by atoms with Gasteiger partial charge < -0.3 is 5.73 Å². The van der Waals surface area contributed by atoms with Gasteiger partial charge in [-0.05, 0) is 30.0 Å². The maximum Gasteiger partial charge on any atom is 0.0726 e. The first-order valence-corrected chi connectivity index (χ1v) is 6.96. The van der Waals surface area contributed by atoms with Crippen molar-refractivity contribution in [2.45, 2.75) is 32.5 Å². The number of rotatable bonds is 3. The summed E-state index contributed by atoms with van der Waals surface area (Å²) in [6.45, 7) is 4.41. The summed E-state index contributed by atoms with van der Waals surface area (Å²) in [5, 5.41) is 1.16. The molecule has 100 valence electrons. The molecular weight excluding hydrogens is 269 g/mol. The topological polar surface area (TPSA) is 50.1 Å². The second kappa shape index (κ2) is 5.76. The van der Waals surface area contributed by atoms with Crippen molar-refractivity contribution in [1.82, 2.24) is 10.9 Å². The molecule has 0 saturated carbocycles. The minimum absolute atomic E-state index is 0.0353. The predicted octanol–water partition coefficient (Wildman–Crippen LogP) is 3.09. The third-order valence-electron chi connectivity index (χ3n) is 3.34. The Labute approximate surface area is 118 Å². The van der Waals surface area contributed by atoms with E-state index in [4.69, 9.17) is 28.9 Å². The molecule has 3 nitrogen and oxygen atoms in total. The lowest BCUT2D eigenvalue weighted by atomic mass is 9.86. The van der Waals surface area contributed by atoms with Gasteiger partial charge in [-0.2, -0.15) is 0 Å². The van der Waals surface area contributed by atoms with E-state index in [0.717, 1.165) is 12.0 Å². The van der Waals surface area contributed by atoms with E-state index < -0.39 is 0 Å². The number of nitrogens with one attached hydrogen (secondary N) is 2. The number of hydrogen-bond donors (Lipinski definition) is 3. The number of nitrogens with two attached hydrogens (primary N) is 1. The minimum atomic E-state index is -0.0353. The fraction of sp³-hybridized carbons (Fsp3) is 0.538. The van der Waals surface area contributed by atoms with Gasteiger partial charge in [0, 0.05) is 5.92 Å². The molecule has 2 rings (SSSR count). The maximum absolute atomic E-state index is 6.09. The van der Waals surface area contributed by atoms with E-state index in [9.17, 15) is 0 Å². The van der Waals surface area contributed by atoms with Crippen molar-refractivity contribution in [3.63, 3.8) is 0 Å². The molecule has 1 saturated heterocycles. The minimum Gasteiger partial charge on any atom is -0.315 e. The number of hydrazine groups is 1. The first kappa shape index (κ1) is 14.1. The van der Waals surface area contributed by atoms with E-state index in [0.29, 0.717) is 21.9 Å². The average Bonchev–Trinajstić information content (AvgIpc) is 2.64. The van der Waals surface area contributed by atoms with Gasteiger partial charge in [0.25, 0.3) is 0 Å². The molecule has 0 aliphatic carbocycles. The highest BCUT2D eigenvalue weighted by Crippen LogP contribution is 2.34. The first-order chi connectivity index (χ1) is 8.49. The molecule has 1 aliphatic rings. The Morgan fingerprint density at radius 1 is 1.22 bits per heavy atom. The second-order valence-electron chi connectivity index (χ2n) is 5.26. The van der Waals surface area contributed by atoms with Gasteiger partial charge in [-0.1, -0.05) is 43.1 Å². The standard InChI is InChI=1S/C13H19Cl2N3/c1-7(2)5-9-12(17-18-13(9)16)8-3-4-10(14)11(15)6-8/h3-4,6-7,9,12-13,17-18H,5,16H2,1-2H3. The van der Waals surface area contributed by atoms with Crippen LogP contribution < -0.4 is 16.6 Å². The zero-order valence-corrected chi connectivity index (χ0v) is 12.1. The monoisotopic (exact) mass is 287 g/mol. The third-order valence-corrected chi connectivity index (χ3v) is 4.08. The predicted molar refractivity (Wildman–Crippen MR) is 76.4 cm³/mol. The van der Waals surface area contributed by atoms with Crippen LogP contribution in [-0.2, 0) is 0 Å². The van der Waals surface area contributed by atoms with E-state index in [1.54, 1.807) is 0 Å². The molecule has 3 atom stereocenters. The van der Waals surface area contributed by atoms with E-state index in [1.165, 1.54) is 0 Å². The highest BCUT2D eigenvalue weighted by Gasteiger charge is 2.34. The lowest BCUT2D eigenvalue weighted by Crippen LogP contribution is -2.39. The van der Waals surface area contributed by atoms with Crippen LogP contribution in [0.5, 0.6) is 0 Å². The van der Waals surface area contributed by atoms with Crippen LogP contribution in [0.2, 0.25) is 10.0 Å². The van der Waals surface area contributed by atoms with Crippen molar-refractivity contribution in [2.75, 3.05) is 0 Å². The van der Waals surface area contributed by atoms with Crippen LogP contribution in [0, 0.1) is 11.8 Å². The zero-order chi connectivity index (χ0) is 13.3. The molecule has 4 N–H and O–H groups in total. The van der Waals surface area contributed by atoms with Crippen molar-refractivity contribution in [3.8, 4) is 0 Å². The summed E-state index contributed by atoms with van der Waals surface area (Å²) in [5.74, 6) is 0.954. The Morgan fingerprint density at radius 3 is 2.56 bits per heavy atom. The van der Waals surface area contributed by atoms with Crippen molar-refractivity contribution in [3.05, 3.63) is 33.8 Å². The maximum atomic E-state index is 6.09. The fourth-order valence-corrected chi connectivity index (χ4v) is 2.78. The summed E-state index contributed by atoms with van der Waals surface area (Å²) in [5.41, 5.74) is 13.6. The van der Waals surface area contributed by atoms with Gasteiger partial charge in [-0.3, -0.25) is 0 Å². The molecule has 1 fully saturated rings. The molecule has 0 bridgehead atoms. The molecule has 0 radical (unpaired) electrons. The lowest BCUT2D eigenvalue weighted by Gasteiger charge is -2.23. The van der Waals surface area contributed by atoms with Crippen LogP contribution >= 0.6 is 23.2 Å². The third kappa shape index (κ3) is 2.98. The first-order valence-electron chi connectivity index (χ1n) is 6.20. The van der Waals surface area contributed by atoms with Gasteiger partial charge in [0.15, 0.2) is 0 Å². The van der Waals surface area contributed by atoms with Crippen molar-refractivity contribution in [2.24, 2.45) is 17.6 Å². The Bertz CT molecular complexity index is 423. The molecule has 5 heteroatoms. The van der Waals surface area contributed by atoms with Crippen LogP contribution in [0.4, 0.5) is 0 Å². The smallest absolute Gasteiger partial charge is 0.0726 e. The highest BCUT2D eigenvalue weighted by molar-refractivity contribution is 6.42. The van der Waals surface area contributed by atoms with Gasteiger partial charge in [0.2, 0.25) is 0 Å². The van der Waals surface area contributed by atoms with E-state index in [2.05, 4.69) is 24.7 Å². The molecular formula is C13H19Cl2N3. The van der Waals surface area contributed by atoms with Crippen molar-refractivity contribution < 1.29 is 0 Å². The van der Waals surface area contributed by atoms with Gasteiger partial charge in [0.1, 0.15) is 0 Å². The molecule has 1 aliphatic heterocycles. The van der Waals surface area contributed by atoms with Gasteiger partial charge >= 0.3 is 0 Å². The summed E-state index contributed by atoms with van der Waals surface area (Å²) in [4.78, 5) is 0. The molecule has 0 spiro atoms. The Balaban J connectivity index is 2.22. The van der Waals surface area contributed by atoms with Gasteiger partial charge in [-0.25, -0.2) is 10.9 Å². The van der Waals surface area contributed by atoms with Crippen molar-refractivity contribution >= 4 is 23.2 Å². The Morgan fingerprint density at radius 2 is 1.94 bits per heavy atom. The SMILES string of the molecule is CC(C)CC1C(N)NNC1c1ccc(Cl)c(Cl)c1. The normalized spacial score (nSPS) is 28.0. The van der Waals surface area contributed by atoms with Crippen LogP contribution in [0.1, 0.15) is 31.9 Å². The molecule has 0 aromatic heterocycles. The molecule has 1 aromatic carbocycles. The van der Waals surface area contributed by atoms with E-state index >= 15 is 0 Å². The molecule has 0 amide bonds.